The lowest BCUT2D eigenvalue weighted by Crippen LogP contribution is -2.20. The molecule has 0 aliphatic carbocycles. The van der Waals surface area contributed by atoms with Gasteiger partial charge in [0.05, 0.1) is 17.8 Å². The van der Waals surface area contributed by atoms with Gasteiger partial charge in [-0.05, 0) is 19.4 Å². The van der Waals surface area contributed by atoms with E-state index in [9.17, 15) is 0 Å². The van der Waals surface area contributed by atoms with Crippen molar-refractivity contribution in [3.05, 3.63) is 17.4 Å². The van der Waals surface area contributed by atoms with E-state index in [4.69, 9.17) is 16.3 Å². The summed E-state index contributed by atoms with van der Waals surface area (Å²) in [6.45, 7) is 3.65. The molecule has 0 amide bonds. The maximum atomic E-state index is 5.75. The number of halogens is 1. The molecule has 0 fully saturated rings. The number of hydrogen-bond donors (Lipinski definition) is 1. The number of unbranched alkanes of at least 4 members (excludes halogenated alkanes) is 1. The Morgan fingerprint density at radius 3 is 3.00 bits per heavy atom. The fourth-order valence-corrected chi connectivity index (χ4v) is 1.44. The smallest absolute Gasteiger partial charge is 0.0785 e. The number of aromatic nitrogens is 2. The first kappa shape index (κ1) is 12.5. The molecule has 0 spiro atoms. The molecule has 4 nitrogen and oxygen atoms in total. The van der Waals surface area contributed by atoms with E-state index < -0.39 is 0 Å². The van der Waals surface area contributed by atoms with Gasteiger partial charge in [0.15, 0.2) is 0 Å². The highest BCUT2D eigenvalue weighted by Gasteiger charge is 1.95. The molecule has 86 valence electrons. The van der Waals surface area contributed by atoms with E-state index in [1.807, 2.05) is 10.9 Å². The topological polar surface area (TPSA) is 39.1 Å². The van der Waals surface area contributed by atoms with Gasteiger partial charge in [-0.1, -0.05) is 11.6 Å². The van der Waals surface area contributed by atoms with Gasteiger partial charge in [-0.2, -0.15) is 5.10 Å². The summed E-state index contributed by atoms with van der Waals surface area (Å²) in [6, 6.07) is 0. The van der Waals surface area contributed by atoms with E-state index >= 15 is 0 Å². The number of hydrogen-bond acceptors (Lipinski definition) is 3. The van der Waals surface area contributed by atoms with Crippen LogP contribution in [0.15, 0.2) is 12.4 Å². The summed E-state index contributed by atoms with van der Waals surface area (Å²) in [6.07, 6.45) is 5.76. The van der Waals surface area contributed by atoms with Crippen LogP contribution in [0.2, 0.25) is 5.02 Å². The molecule has 15 heavy (non-hydrogen) atoms. The molecule has 1 N–H and O–H groups in total. The van der Waals surface area contributed by atoms with Crippen molar-refractivity contribution in [1.29, 1.82) is 0 Å². The van der Waals surface area contributed by atoms with Gasteiger partial charge in [0.2, 0.25) is 0 Å². The first-order chi connectivity index (χ1) is 7.33. The largest absolute Gasteiger partial charge is 0.383 e. The quantitative estimate of drug-likeness (QED) is 0.690. The minimum atomic E-state index is 0.702. The highest BCUT2D eigenvalue weighted by atomic mass is 35.5. The zero-order valence-electron chi connectivity index (χ0n) is 9.08. The maximum absolute atomic E-state index is 5.75. The average molecular weight is 232 g/mol. The van der Waals surface area contributed by atoms with Crippen LogP contribution in [0.5, 0.6) is 0 Å². The molecule has 0 bridgehead atoms. The Morgan fingerprint density at radius 2 is 2.33 bits per heavy atom. The maximum Gasteiger partial charge on any atom is 0.0785 e. The van der Waals surface area contributed by atoms with Crippen molar-refractivity contribution < 1.29 is 4.74 Å². The highest BCUT2D eigenvalue weighted by molar-refractivity contribution is 6.30. The van der Waals surface area contributed by atoms with E-state index in [2.05, 4.69) is 10.4 Å². The summed E-state index contributed by atoms with van der Waals surface area (Å²) in [5, 5.41) is 8.11. The van der Waals surface area contributed by atoms with Gasteiger partial charge >= 0.3 is 0 Å². The lowest BCUT2D eigenvalue weighted by Gasteiger charge is -2.04. The summed E-state index contributed by atoms with van der Waals surface area (Å²) in [4.78, 5) is 0. The molecule has 1 rings (SSSR count). The average Bonchev–Trinajstić information content (AvgIpc) is 2.63. The third-order valence-electron chi connectivity index (χ3n) is 2.08. The Bertz CT molecular complexity index is 265. The van der Waals surface area contributed by atoms with E-state index in [0.29, 0.717) is 5.02 Å². The van der Waals surface area contributed by atoms with Gasteiger partial charge in [-0.25, -0.2) is 0 Å². The molecule has 1 aromatic rings. The van der Waals surface area contributed by atoms with E-state index in [1.165, 1.54) is 0 Å². The molecule has 1 heterocycles. The zero-order valence-corrected chi connectivity index (χ0v) is 9.83. The van der Waals surface area contributed by atoms with Crippen LogP contribution >= 0.6 is 11.6 Å². The molecule has 0 aliphatic rings. The standard InChI is InChI=1S/C10H18ClN3O/c1-15-7-5-12-4-2-3-6-14-9-10(11)8-13-14/h8-9,12H,2-7H2,1H3. The number of nitrogens with zero attached hydrogens (tertiary/aromatic N) is 2. The first-order valence-corrected chi connectivity index (χ1v) is 5.58. The minimum Gasteiger partial charge on any atom is -0.383 e. The number of nitrogens with one attached hydrogen (secondary N) is 1. The van der Waals surface area contributed by atoms with Crippen molar-refractivity contribution in [2.45, 2.75) is 19.4 Å². The van der Waals surface area contributed by atoms with Crippen molar-refractivity contribution >= 4 is 11.6 Å². The van der Waals surface area contributed by atoms with E-state index in [-0.39, 0.29) is 0 Å². The van der Waals surface area contributed by atoms with E-state index in [0.717, 1.165) is 39.1 Å². The van der Waals surface area contributed by atoms with Crippen molar-refractivity contribution in [2.24, 2.45) is 0 Å². The lowest BCUT2D eigenvalue weighted by atomic mass is 10.3. The second-order valence-corrected chi connectivity index (χ2v) is 3.81. The van der Waals surface area contributed by atoms with Crippen LogP contribution in [0.3, 0.4) is 0 Å². The normalized spacial score (nSPS) is 10.8. The van der Waals surface area contributed by atoms with Crippen LogP contribution < -0.4 is 5.32 Å². The summed E-state index contributed by atoms with van der Waals surface area (Å²) < 4.78 is 6.80. The molecule has 0 unspecified atom stereocenters. The lowest BCUT2D eigenvalue weighted by molar-refractivity contribution is 0.199. The van der Waals surface area contributed by atoms with Gasteiger partial charge in [0, 0.05) is 26.4 Å². The van der Waals surface area contributed by atoms with Crippen LogP contribution in [0.25, 0.3) is 0 Å². The minimum absolute atomic E-state index is 0.702. The Labute approximate surface area is 95.6 Å². The Morgan fingerprint density at radius 1 is 1.47 bits per heavy atom. The summed E-state index contributed by atoms with van der Waals surface area (Å²) in [5.41, 5.74) is 0. The Balaban J connectivity index is 1.93. The number of ether oxygens (including phenoxy) is 1. The molecule has 0 saturated heterocycles. The number of rotatable bonds is 8. The van der Waals surface area contributed by atoms with Crippen molar-refractivity contribution in [3.63, 3.8) is 0 Å². The molecule has 5 heteroatoms. The molecular formula is C10H18ClN3O. The van der Waals surface area contributed by atoms with Crippen molar-refractivity contribution in [2.75, 3.05) is 26.8 Å². The fraction of sp³-hybridized carbons (Fsp3) is 0.700. The van der Waals surface area contributed by atoms with Crippen LogP contribution in [0.1, 0.15) is 12.8 Å². The highest BCUT2D eigenvalue weighted by Crippen LogP contribution is 2.05. The van der Waals surface area contributed by atoms with Crippen LogP contribution in [-0.2, 0) is 11.3 Å². The SMILES string of the molecule is COCCNCCCCn1cc(Cl)cn1. The van der Waals surface area contributed by atoms with Crippen molar-refractivity contribution in [3.8, 4) is 0 Å². The molecule has 0 radical (unpaired) electrons. The molecule has 0 aromatic carbocycles. The third kappa shape index (κ3) is 5.77. The van der Waals surface area contributed by atoms with E-state index in [1.54, 1.807) is 13.3 Å². The second kappa shape index (κ2) is 7.68. The summed E-state index contributed by atoms with van der Waals surface area (Å²) >= 11 is 5.75. The van der Waals surface area contributed by atoms with Crippen LogP contribution in [0.4, 0.5) is 0 Å². The molecule has 1 aromatic heterocycles. The molecular weight excluding hydrogens is 214 g/mol. The Hall–Kier alpha value is -0.580. The third-order valence-corrected chi connectivity index (χ3v) is 2.27. The van der Waals surface area contributed by atoms with Crippen LogP contribution in [0, 0.1) is 0 Å². The first-order valence-electron chi connectivity index (χ1n) is 5.20. The van der Waals surface area contributed by atoms with Gasteiger partial charge in [0.1, 0.15) is 0 Å². The summed E-state index contributed by atoms with van der Waals surface area (Å²) in [7, 11) is 1.71. The number of methoxy groups -OCH3 is 1. The van der Waals surface area contributed by atoms with Gasteiger partial charge in [-0.3, -0.25) is 4.68 Å². The molecule has 0 atom stereocenters. The number of aryl methyl sites for hydroxylation is 1. The fourth-order valence-electron chi connectivity index (χ4n) is 1.28. The monoisotopic (exact) mass is 231 g/mol. The predicted octanol–water partition coefficient (Wildman–Crippen LogP) is 1.55. The van der Waals surface area contributed by atoms with Crippen molar-refractivity contribution in [1.82, 2.24) is 15.1 Å². The van der Waals surface area contributed by atoms with Gasteiger partial charge in [0.25, 0.3) is 0 Å². The molecule has 0 aliphatic heterocycles. The van der Waals surface area contributed by atoms with Crippen LogP contribution in [-0.4, -0.2) is 36.6 Å². The van der Waals surface area contributed by atoms with Gasteiger partial charge in [-0.15, -0.1) is 0 Å². The predicted molar refractivity (Wildman–Crippen MR) is 61.2 cm³/mol. The zero-order chi connectivity index (χ0) is 10.9. The molecule has 0 saturated carbocycles. The van der Waals surface area contributed by atoms with Gasteiger partial charge < -0.3 is 10.1 Å². The Kier molecular flexibility index (Phi) is 6.39. The second-order valence-electron chi connectivity index (χ2n) is 3.37. The summed E-state index contributed by atoms with van der Waals surface area (Å²) in [5.74, 6) is 0.